The molecule has 2 rings (SSSR count). The van der Waals surface area contributed by atoms with Gasteiger partial charge in [-0.2, -0.15) is 0 Å². The van der Waals surface area contributed by atoms with E-state index < -0.39 is 69.9 Å². The maximum Gasteiger partial charge on any atom is 0.277 e. The van der Waals surface area contributed by atoms with Gasteiger partial charge in [0.15, 0.2) is 6.29 Å². The standard InChI is InChI=1S/C13H15N3O10/c17-4-8-10(18)11(19)9(13(21)26-8)14-12(20)5-1-6(15(22)23)3-7(2-5)16(24)25/h1-3,8-11,13,17-19,21H,4H2,(H,14,20)/t8-,9-,10-,11-,13?/m1/s1. The molecule has 142 valence electrons. The number of hydrogen-bond donors (Lipinski definition) is 5. The lowest BCUT2D eigenvalue weighted by atomic mass is 9.96. The quantitative estimate of drug-likeness (QED) is 0.284. The number of amides is 1. The van der Waals surface area contributed by atoms with Crippen LogP contribution in [-0.4, -0.2) is 73.4 Å². The molecule has 13 nitrogen and oxygen atoms in total. The van der Waals surface area contributed by atoms with Gasteiger partial charge in [-0.3, -0.25) is 25.0 Å². The van der Waals surface area contributed by atoms with Crippen LogP contribution >= 0.6 is 0 Å². The highest BCUT2D eigenvalue weighted by Gasteiger charge is 2.44. The Morgan fingerprint density at radius 3 is 2.08 bits per heavy atom. The molecule has 0 spiro atoms. The minimum Gasteiger partial charge on any atom is -0.394 e. The zero-order valence-electron chi connectivity index (χ0n) is 13.0. The summed E-state index contributed by atoms with van der Waals surface area (Å²) < 4.78 is 4.86. The first-order valence-electron chi connectivity index (χ1n) is 7.21. The molecule has 13 heteroatoms. The van der Waals surface area contributed by atoms with Crippen molar-refractivity contribution in [2.45, 2.75) is 30.6 Å². The van der Waals surface area contributed by atoms with Gasteiger partial charge in [0.05, 0.1) is 28.1 Å². The number of nitro groups is 2. The number of carbonyl (C=O) groups excluding carboxylic acids is 1. The maximum absolute atomic E-state index is 12.2. The molecule has 1 amide bonds. The van der Waals surface area contributed by atoms with Crippen LogP contribution in [0.15, 0.2) is 18.2 Å². The zero-order chi connectivity index (χ0) is 19.6. The number of non-ortho nitro benzene ring substituents is 2. The van der Waals surface area contributed by atoms with Gasteiger partial charge in [-0.05, 0) is 0 Å². The van der Waals surface area contributed by atoms with E-state index in [9.17, 15) is 40.3 Å². The highest BCUT2D eigenvalue weighted by atomic mass is 16.6. The topological polar surface area (TPSA) is 206 Å². The van der Waals surface area contributed by atoms with Gasteiger partial charge in [-0.1, -0.05) is 0 Å². The first-order valence-corrected chi connectivity index (χ1v) is 7.21. The van der Waals surface area contributed by atoms with E-state index >= 15 is 0 Å². The van der Waals surface area contributed by atoms with Crippen LogP contribution < -0.4 is 5.32 Å². The second-order valence-corrected chi connectivity index (χ2v) is 5.48. The molecule has 0 aromatic heterocycles. The predicted molar refractivity (Wildman–Crippen MR) is 81.0 cm³/mol. The van der Waals surface area contributed by atoms with E-state index in [0.29, 0.717) is 6.07 Å². The van der Waals surface area contributed by atoms with E-state index in [2.05, 4.69) is 5.32 Å². The van der Waals surface area contributed by atoms with Gasteiger partial charge in [-0.15, -0.1) is 0 Å². The van der Waals surface area contributed by atoms with Crippen molar-refractivity contribution < 1.29 is 39.8 Å². The van der Waals surface area contributed by atoms with Crippen molar-refractivity contribution in [2.75, 3.05) is 6.61 Å². The molecule has 5 N–H and O–H groups in total. The van der Waals surface area contributed by atoms with Crippen LogP contribution in [0.3, 0.4) is 0 Å². The summed E-state index contributed by atoms with van der Waals surface area (Å²) in [7, 11) is 0. The van der Waals surface area contributed by atoms with Gasteiger partial charge in [-0.25, -0.2) is 0 Å². The van der Waals surface area contributed by atoms with Crippen LogP contribution in [0.5, 0.6) is 0 Å². The minimum absolute atomic E-state index is 0.468. The Kier molecular flexibility index (Phi) is 5.79. The third-order valence-electron chi connectivity index (χ3n) is 3.78. The average Bonchev–Trinajstić information content (AvgIpc) is 2.60. The molecule has 1 heterocycles. The van der Waals surface area contributed by atoms with Gasteiger partial charge in [0.1, 0.15) is 24.4 Å². The van der Waals surface area contributed by atoms with Crippen molar-refractivity contribution in [2.24, 2.45) is 0 Å². The van der Waals surface area contributed by atoms with Gasteiger partial charge in [0.2, 0.25) is 0 Å². The molecule has 1 aliphatic heterocycles. The van der Waals surface area contributed by atoms with E-state index in [0.717, 1.165) is 12.1 Å². The average molecular weight is 373 g/mol. The summed E-state index contributed by atoms with van der Waals surface area (Å²) in [6.45, 7) is -0.701. The third-order valence-corrected chi connectivity index (χ3v) is 3.78. The van der Waals surface area contributed by atoms with E-state index in [-0.39, 0.29) is 0 Å². The number of ether oxygens (including phenoxy) is 1. The highest BCUT2D eigenvalue weighted by Crippen LogP contribution is 2.24. The summed E-state index contributed by atoms with van der Waals surface area (Å²) in [4.78, 5) is 32.1. The van der Waals surface area contributed by atoms with Gasteiger partial charge in [0, 0.05) is 12.1 Å². The molecule has 1 fully saturated rings. The minimum atomic E-state index is -1.80. The van der Waals surface area contributed by atoms with Crippen LogP contribution in [-0.2, 0) is 4.74 Å². The third kappa shape index (κ3) is 3.92. The van der Waals surface area contributed by atoms with Crippen molar-refractivity contribution in [3.63, 3.8) is 0 Å². The SMILES string of the molecule is O=C(N[C@H]1C(O)O[C@H](CO)[C@@H](O)[C@@H]1O)c1cc([N+](=O)[O-])cc([N+](=O)[O-])c1. The monoisotopic (exact) mass is 373 g/mol. The molecular weight excluding hydrogens is 358 g/mol. The summed E-state index contributed by atoms with van der Waals surface area (Å²) in [6.07, 6.45) is -6.45. The van der Waals surface area contributed by atoms with E-state index in [4.69, 9.17) is 9.84 Å². The summed E-state index contributed by atoms with van der Waals surface area (Å²) in [5, 5.41) is 62.3. The molecule has 26 heavy (non-hydrogen) atoms. The Labute approximate surface area is 144 Å². The number of nitrogens with zero attached hydrogens (tertiary/aromatic N) is 2. The summed E-state index contributed by atoms with van der Waals surface area (Å²) in [5.41, 5.74) is -1.87. The van der Waals surface area contributed by atoms with Crippen LogP contribution in [0.2, 0.25) is 0 Å². The van der Waals surface area contributed by atoms with Crippen molar-refractivity contribution in [1.82, 2.24) is 5.32 Å². The normalized spacial score (nSPS) is 28.4. The Balaban J connectivity index is 2.26. The largest absolute Gasteiger partial charge is 0.394 e. The summed E-state index contributed by atoms with van der Waals surface area (Å²) in [6, 6.07) is 0.675. The number of aliphatic hydroxyl groups is 4. The molecule has 1 unspecified atom stereocenters. The van der Waals surface area contributed by atoms with Gasteiger partial charge < -0.3 is 30.5 Å². The van der Waals surface area contributed by atoms with Crippen molar-refractivity contribution in [1.29, 1.82) is 0 Å². The first kappa shape index (κ1) is 19.6. The molecule has 1 aliphatic rings. The first-order chi connectivity index (χ1) is 12.1. The van der Waals surface area contributed by atoms with Gasteiger partial charge >= 0.3 is 0 Å². The fourth-order valence-corrected chi connectivity index (χ4v) is 2.42. The molecular formula is C13H15N3O10. The number of benzene rings is 1. The number of rotatable bonds is 5. The maximum atomic E-state index is 12.2. The Hall–Kier alpha value is -2.71. The number of carbonyl (C=O) groups is 1. The van der Waals surface area contributed by atoms with Crippen molar-refractivity contribution in [3.8, 4) is 0 Å². The number of nitro benzene ring substituents is 2. The highest BCUT2D eigenvalue weighted by molar-refractivity contribution is 5.95. The van der Waals surface area contributed by atoms with Crippen molar-refractivity contribution in [3.05, 3.63) is 44.0 Å². The number of aliphatic hydroxyl groups excluding tert-OH is 4. The van der Waals surface area contributed by atoms with Gasteiger partial charge in [0.25, 0.3) is 17.3 Å². The molecule has 1 aromatic carbocycles. The summed E-state index contributed by atoms with van der Waals surface area (Å²) >= 11 is 0. The van der Waals surface area contributed by atoms with E-state index in [1.165, 1.54) is 0 Å². The number of nitrogens with one attached hydrogen (secondary N) is 1. The fourth-order valence-electron chi connectivity index (χ4n) is 2.42. The van der Waals surface area contributed by atoms with Crippen LogP contribution in [0.4, 0.5) is 11.4 Å². The Morgan fingerprint density at radius 2 is 1.62 bits per heavy atom. The van der Waals surface area contributed by atoms with Crippen LogP contribution in [0, 0.1) is 20.2 Å². The second-order valence-electron chi connectivity index (χ2n) is 5.48. The zero-order valence-corrected chi connectivity index (χ0v) is 13.0. The molecule has 1 saturated heterocycles. The Bertz CT molecular complexity index is 694. The molecule has 0 bridgehead atoms. The smallest absolute Gasteiger partial charge is 0.277 e. The summed E-state index contributed by atoms with van der Waals surface area (Å²) in [5.74, 6) is -1.09. The molecule has 0 radical (unpaired) electrons. The second kappa shape index (κ2) is 7.67. The molecule has 1 aromatic rings. The van der Waals surface area contributed by atoms with Crippen LogP contribution in [0.1, 0.15) is 10.4 Å². The molecule has 0 aliphatic carbocycles. The van der Waals surface area contributed by atoms with E-state index in [1.54, 1.807) is 0 Å². The van der Waals surface area contributed by atoms with Crippen molar-refractivity contribution >= 4 is 17.3 Å². The number of hydrogen-bond acceptors (Lipinski definition) is 10. The lowest BCUT2D eigenvalue weighted by Crippen LogP contribution is -2.64. The Morgan fingerprint density at radius 1 is 1.08 bits per heavy atom. The predicted octanol–water partition coefficient (Wildman–Crippen LogP) is -1.97. The lowest BCUT2D eigenvalue weighted by Gasteiger charge is -2.40. The molecule has 5 atom stereocenters. The molecule has 0 saturated carbocycles. The fraction of sp³-hybridized carbons (Fsp3) is 0.462. The van der Waals surface area contributed by atoms with Crippen LogP contribution in [0.25, 0.3) is 0 Å². The lowest BCUT2D eigenvalue weighted by molar-refractivity contribution is -0.394. The van der Waals surface area contributed by atoms with E-state index in [1.807, 2.05) is 0 Å².